The smallest absolute Gasteiger partial charge is 0.322 e. The first kappa shape index (κ1) is 22.7. The summed E-state index contributed by atoms with van der Waals surface area (Å²) in [5.41, 5.74) is 2.78. The van der Waals surface area contributed by atoms with Crippen LogP contribution >= 0.6 is 0 Å². The molecule has 3 aromatic carbocycles. The van der Waals surface area contributed by atoms with Crippen molar-refractivity contribution in [2.45, 2.75) is 13.0 Å². The highest BCUT2D eigenvalue weighted by molar-refractivity contribution is 6.04. The van der Waals surface area contributed by atoms with Crippen LogP contribution in [0.25, 0.3) is 0 Å². The lowest BCUT2D eigenvalue weighted by Crippen LogP contribution is -2.41. The van der Waals surface area contributed by atoms with E-state index in [1.54, 1.807) is 43.4 Å². The Kier molecular flexibility index (Phi) is 7.72. The third-order valence-electron chi connectivity index (χ3n) is 5.00. The lowest BCUT2D eigenvalue weighted by Gasteiger charge is -2.24. The summed E-state index contributed by atoms with van der Waals surface area (Å²) < 4.78 is 0. The van der Waals surface area contributed by atoms with Gasteiger partial charge >= 0.3 is 6.03 Å². The number of nitrogens with one attached hydrogen (secondary N) is 3. The molecule has 164 valence electrons. The van der Waals surface area contributed by atoms with Gasteiger partial charge in [-0.15, -0.1) is 0 Å². The molecule has 0 saturated carbocycles. The van der Waals surface area contributed by atoms with E-state index in [0.29, 0.717) is 16.9 Å². The second-order valence-electron chi connectivity index (χ2n) is 7.41. The SMILES string of the molecule is C[C@@H](c1cccc(NC(=O)c2ccccc2)c1)N(C)CC(=O)NC(=O)Nc1ccccc1. The molecule has 1 atom stereocenters. The first-order valence-electron chi connectivity index (χ1n) is 10.2. The summed E-state index contributed by atoms with van der Waals surface area (Å²) in [4.78, 5) is 38.5. The van der Waals surface area contributed by atoms with Gasteiger partial charge in [-0.1, -0.05) is 48.5 Å². The lowest BCUT2D eigenvalue weighted by molar-refractivity contribution is -0.121. The Labute approximate surface area is 187 Å². The molecule has 3 N–H and O–H groups in total. The van der Waals surface area contributed by atoms with Gasteiger partial charge in [0.15, 0.2) is 0 Å². The van der Waals surface area contributed by atoms with E-state index in [2.05, 4.69) is 16.0 Å². The third kappa shape index (κ3) is 6.52. The molecular weight excluding hydrogens is 404 g/mol. The second-order valence-corrected chi connectivity index (χ2v) is 7.41. The summed E-state index contributed by atoms with van der Waals surface area (Å²) in [6.45, 7) is 1.99. The van der Waals surface area contributed by atoms with Gasteiger partial charge in [-0.2, -0.15) is 0 Å². The van der Waals surface area contributed by atoms with Crippen molar-refractivity contribution in [3.8, 4) is 0 Å². The summed E-state index contributed by atoms with van der Waals surface area (Å²) in [7, 11) is 1.80. The maximum absolute atomic E-state index is 12.4. The van der Waals surface area contributed by atoms with Crippen molar-refractivity contribution in [1.82, 2.24) is 10.2 Å². The van der Waals surface area contributed by atoms with E-state index >= 15 is 0 Å². The Morgan fingerprint density at radius 2 is 1.44 bits per heavy atom. The number of hydrogen-bond donors (Lipinski definition) is 3. The van der Waals surface area contributed by atoms with E-state index in [1.165, 1.54) is 0 Å². The number of urea groups is 1. The van der Waals surface area contributed by atoms with Crippen molar-refractivity contribution < 1.29 is 14.4 Å². The number of nitrogens with zero attached hydrogens (tertiary/aromatic N) is 1. The molecule has 4 amide bonds. The molecule has 0 aromatic heterocycles. The number of rotatable bonds is 7. The Hall–Kier alpha value is -3.97. The molecular formula is C25H26N4O3. The molecule has 3 aromatic rings. The molecule has 0 aliphatic carbocycles. The topological polar surface area (TPSA) is 90.5 Å². The molecule has 0 spiro atoms. The van der Waals surface area contributed by atoms with E-state index in [1.807, 2.05) is 60.4 Å². The average Bonchev–Trinajstić information content (AvgIpc) is 2.79. The second kappa shape index (κ2) is 10.9. The minimum absolute atomic E-state index is 0.0317. The van der Waals surface area contributed by atoms with Crippen LogP contribution in [-0.2, 0) is 4.79 Å². The van der Waals surface area contributed by atoms with Gasteiger partial charge in [0.2, 0.25) is 5.91 Å². The summed E-state index contributed by atoms with van der Waals surface area (Å²) in [5.74, 6) is -0.603. The first-order chi connectivity index (χ1) is 15.4. The summed E-state index contributed by atoms with van der Waals surface area (Å²) in [6.07, 6.45) is 0. The number of hydrogen-bond acceptors (Lipinski definition) is 4. The van der Waals surface area contributed by atoms with Crippen molar-refractivity contribution >= 4 is 29.2 Å². The number of likely N-dealkylation sites (N-methyl/N-ethyl adjacent to an activating group) is 1. The molecule has 0 bridgehead atoms. The van der Waals surface area contributed by atoms with Crippen LogP contribution in [0.3, 0.4) is 0 Å². The maximum atomic E-state index is 12.4. The standard InChI is InChI=1S/C25H26N4O3/c1-18(29(2)17-23(30)28-25(32)27-21-13-7-4-8-14-21)20-12-9-15-22(16-20)26-24(31)19-10-5-3-6-11-19/h3-16,18H,17H2,1-2H3,(H,26,31)(H2,27,28,30,32)/t18-/m0/s1. The van der Waals surface area contributed by atoms with Crippen LogP contribution in [0.1, 0.15) is 28.9 Å². The molecule has 0 heterocycles. The Bertz CT molecular complexity index is 1070. The fraction of sp³-hybridized carbons (Fsp3) is 0.160. The molecule has 32 heavy (non-hydrogen) atoms. The van der Waals surface area contributed by atoms with Crippen LogP contribution < -0.4 is 16.0 Å². The van der Waals surface area contributed by atoms with Gasteiger partial charge < -0.3 is 10.6 Å². The van der Waals surface area contributed by atoms with Crippen molar-refractivity contribution in [3.05, 3.63) is 96.1 Å². The largest absolute Gasteiger partial charge is 0.325 e. The minimum Gasteiger partial charge on any atom is -0.322 e. The van der Waals surface area contributed by atoms with Crippen LogP contribution in [0.4, 0.5) is 16.2 Å². The lowest BCUT2D eigenvalue weighted by atomic mass is 10.1. The number of carbonyl (C=O) groups excluding carboxylic acids is 3. The zero-order valence-corrected chi connectivity index (χ0v) is 18.0. The zero-order valence-electron chi connectivity index (χ0n) is 18.0. The fourth-order valence-electron chi connectivity index (χ4n) is 3.14. The van der Waals surface area contributed by atoms with E-state index < -0.39 is 11.9 Å². The quantitative estimate of drug-likeness (QED) is 0.522. The van der Waals surface area contributed by atoms with Crippen LogP contribution in [0, 0.1) is 0 Å². The number of anilines is 2. The molecule has 3 rings (SSSR count). The van der Waals surface area contributed by atoms with E-state index in [4.69, 9.17) is 0 Å². The van der Waals surface area contributed by atoms with Crippen LogP contribution in [0.2, 0.25) is 0 Å². The third-order valence-corrected chi connectivity index (χ3v) is 5.00. The van der Waals surface area contributed by atoms with Gasteiger partial charge in [-0.25, -0.2) is 4.79 Å². The molecule has 0 aliphatic heterocycles. The van der Waals surface area contributed by atoms with Crippen LogP contribution in [0.15, 0.2) is 84.9 Å². The molecule has 0 radical (unpaired) electrons. The van der Waals surface area contributed by atoms with Crippen LogP contribution in [0.5, 0.6) is 0 Å². The van der Waals surface area contributed by atoms with E-state index in [9.17, 15) is 14.4 Å². The molecule has 0 unspecified atom stereocenters. The maximum Gasteiger partial charge on any atom is 0.325 e. The van der Waals surface area contributed by atoms with Gasteiger partial charge in [0.05, 0.1) is 6.54 Å². The van der Waals surface area contributed by atoms with Gasteiger partial charge in [-0.3, -0.25) is 19.8 Å². The Morgan fingerprint density at radius 3 is 2.12 bits per heavy atom. The summed E-state index contributed by atoms with van der Waals surface area (Å²) in [6, 6.07) is 24.7. The van der Waals surface area contributed by atoms with Gasteiger partial charge in [-0.05, 0) is 55.9 Å². The Balaban J connectivity index is 1.55. The highest BCUT2D eigenvalue weighted by Gasteiger charge is 2.17. The minimum atomic E-state index is -0.576. The zero-order chi connectivity index (χ0) is 22.9. The van der Waals surface area contributed by atoms with Crippen molar-refractivity contribution in [2.75, 3.05) is 24.2 Å². The molecule has 0 fully saturated rings. The highest BCUT2D eigenvalue weighted by Crippen LogP contribution is 2.22. The first-order valence-corrected chi connectivity index (χ1v) is 10.2. The van der Waals surface area contributed by atoms with E-state index in [-0.39, 0.29) is 18.5 Å². The van der Waals surface area contributed by atoms with E-state index in [0.717, 1.165) is 5.56 Å². The normalized spacial score (nSPS) is 11.5. The van der Waals surface area contributed by atoms with Gasteiger partial charge in [0.1, 0.15) is 0 Å². The average molecular weight is 431 g/mol. The number of amides is 4. The molecule has 0 saturated heterocycles. The summed E-state index contributed by atoms with van der Waals surface area (Å²) >= 11 is 0. The number of carbonyl (C=O) groups is 3. The fourth-order valence-corrected chi connectivity index (χ4v) is 3.14. The molecule has 7 heteroatoms. The number of imide groups is 1. The molecule has 0 aliphatic rings. The van der Waals surface area contributed by atoms with Crippen molar-refractivity contribution in [3.63, 3.8) is 0 Å². The van der Waals surface area contributed by atoms with Gasteiger partial charge in [0.25, 0.3) is 5.91 Å². The number of para-hydroxylation sites is 1. The van der Waals surface area contributed by atoms with Crippen LogP contribution in [-0.4, -0.2) is 36.3 Å². The highest BCUT2D eigenvalue weighted by atomic mass is 16.2. The predicted octanol–water partition coefficient (Wildman–Crippen LogP) is 4.28. The Morgan fingerprint density at radius 1 is 0.812 bits per heavy atom. The summed E-state index contributed by atoms with van der Waals surface area (Å²) in [5, 5.41) is 7.84. The van der Waals surface area contributed by atoms with Crippen molar-refractivity contribution in [1.29, 1.82) is 0 Å². The van der Waals surface area contributed by atoms with Gasteiger partial charge in [0, 0.05) is 23.0 Å². The predicted molar refractivity (Wildman–Crippen MR) is 125 cm³/mol. The number of benzene rings is 3. The molecule has 7 nitrogen and oxygen atoms in total. The monoisotopic (exact) mass is 430 g/mol. The van der Waals surface area contributed by atoms with Crippen molar-refractivity contribution in [2.24, 2.45) is 0 Å².